The first-order chi connectivity index (χ1) is 8.43. The fourth-order valence-corrected chi connectivity index (χ4v) is 2.81. The highest BCUT2D eigenvalue weighted by Crippen LogP contribution is 2.17. The van der Waals surface area contributed by atoms with Crippen molar-refractivity contribution < 1.29 is 4.79 Å². The van der Waals surface area contributed by atoms with E-state index in [2.05, 4.69) is 30.4 Å². The zero-order valence-electron chi connectivity index (χ0n) is 11.4. The average Bonchev–Trinajstić information content (AvgIpc) is 2.63. The van der Waals surface area contributed by atoms with E-state index in [1.807, 2.05) is 20.8 Å². The summed E-state index contributed by atoms with van der Waals surface area (Å²) in [5, 5.41) is 11.9. The van der Waals surface area contributed by atoms with Gasteiger partial charge in [0.1, 0.15) is 5.92 Å². The van der Waals surface area contributed by atoms with Crippen LogP contribution >= 0.6 is 11.3 Å². The van der Waals surface area contributed by atoms with Crippen LogP contribution in [0.2, 0.25) is 0 Å². The van der Waals surface area contributed by atoms with E-state index in [4.69, 9.17) is 5.26 Å². The van der Waals surface area contributed by atoms with Crippen LogP contribution in [0.15, 0.2) is 12.1 Å². The number of thiophene rings is 1. The molecule has 2 unspecified atom stereocenters. The molecule has 1 aromatic heterocycles. The number of aryl methyl sites for hydroxylation is 1. The zero-order valence-corrected chi connectivity index (χ0v) is 12.2. The average molecular weight is 264 g/mol. The Kier molecular flexibility index (Phi) is 5.36. The number of amides is 1. The van der Waals surface area contributed by atoms with E-state index in [1.165, 1.54) is 9.75 Å². The van der Waals surface area contributed by atoms with E-state index in [0.29, 0.717) is 0 Å². The summed E-state index contributed by atoms with van der Waals surface area (Å²) in [6.07, 6.45) is 0.820. The number of nitrogens with one attached hydrogen (secondary N) is 1. The number of nitrogens with zero attached hydrogens (tertiary/aromatic N) is 1. The zero-order chi connectivity index (χ0) is 13.7. The standard InChI is InChI=1S/C14H20N2OS/c1-9(2)13(8-15)14(17)16-10(3)7-12-6-5-11(4)18-12/h5-6,9-10,13H,7H2,1-4H3,(H,16,17). The van der Waals surface area contributed by atoms with Crippen molar-refractivity contribution in [3.05, 3.63) is 21.9 Å². The molecule has 0 fully saturated rings. The first-order valence-electron chi connectivity index (χ1n) is 6.19. The van der Waals surface area contributed by atoms with E-state index >= 15 is 0 Å². The van der Waals surface area contributed by atoms with Crippen molar-refractivity contribution in [2.75, 3.05) is 0 Å². The predicted octanol–water partition coefficient (Wildman–Crippen LogP) is 2.90. The molecule has 2 atom stereocenters. The van der Waals surface area contributed by atoms with Gasteiger partial charge >= 0.3 is 0 Å². The summed E-state index contributed by atoms with van der Waals surface area (Å²) in [6, 6.07) is 6.30. The molecule has 0 aromatic carbocycles. The maximum absolute atomic E-state index is 11.9. The summed E-state index contributed by atoms with van der Waals surface area (Å²) in [7, 11) is 0. The maximum Gasteiger partial charge on any atom is 0.237 e. The molecule has 98 valence electrons. The van der Waals surface area contributed by atoms with Crippen LogP contribution in [0.25, 0.3) is 0 Å². The summed E-state index contributed by atoms with van der Waals surface area (Å²) in [5.74, 6) is -0.669. The minimum Gasteiger partial charge on any atom is -0.352 e. The Labute approximate surface area is 113 Å². The minimum absolute atomic E-state index is 0.0474. The Bertz CT molecular complexity index is 445. The highest BCUT2D eigenvalue weighted by molar-refractivity contribution is 7.11. The van der Waals surface area contributed by atoms with E-state index in [0.717, 1.165) is 6.42 Å². The largest absolute Gasteiger partial charge is 0.352 e. The Morgan fingerprint density at radius 3 is 2.56 bits per heavy atom. The molecule has 0 spiro atoms. The maximum atomic E-state index is 11.9. The van der Waals surface area contributed by atoms with Crippen LogP contribution in [-0.2, 0) is 11.2 Å². The summed E-state index contributed by atoms with van der Waals surface area (Å²) in [6.45, 7) is 7.82. The monoisotopic (exact) mass is 264 g/mol. The van der Waals surface area contributed by atoms with Gasteiger partial charge in [0.25, 0.3) is 0 Å². The lowest BCUT2D eigenvalue weighted by molar-refractivity contribution is -0.125. The summed E-state index contributed by atoms with van der Waals surface area (Å²) in [5.41, 5.74) is 0. The molecule has 1 N–H and O–H groups in total. The molecule has 0 aliphatic carbocycles. The third kappa shape index (κ3) is 4.15. The topological polar surface area (TPSA) is 52.9 Å². The van der Waals surface area contributed by atoms with Crippen molar-refractivity contribution in [2.45, 2.75) is 40.2 Å². The molecular weight excluding hydrogens is 244 g/mol. The van der Waals surface area contributed by atoms with Crippen LogP contribution < -0.4 is 5.32 Å². The molecule has 0 bridgehead atoms. The second-order valence-corrected chi connectivity index (χ2v) is 6.35. The van der Waals surface area contributed by atoms with Gasteiger partial charge in [0.2, 0.25) is 5.91 Å². The van der Waals surface area contributed by atoms with E-state index < -0.39 is 5.92 Å². The summed E-state index contributed by atoms with van der Waals surface area (Å²) >= 11 is 1.75. The number of carbonyl (C=O) groups excluding carboxylic acids is 1. The van der Waals surface area contributed by atoms with Crippen LogP contribution in [0.4, 0.5) is 0 Å². The lowest BCUT2D eigenvalue weighted by Crippen LogP contribution is -2.39. The Balaban J connectivity index is 2.52. The van der Waals surface area contributed by atoms with Crippen LogP contribution in [0.3, 0.4) is 0 Å². The van der Waals surface area contributed by atoms with Crippen LogP contribution in [0.5, 0.6) is 0 Å². The predicted molar refractivity (Wildman–Crippen MR) is 74.3 cm³/mol. The molecule has 1 heterocycles. The van der Waals surface area contributed by atoms with Crippen LogP contribution in [0.1, 0.15) is 30.5 Å². The van der Waals surface area contributed by atoms with Crippen molar-refractivity contribution in [1.82, 2.24) is 5.32 Å². The van der Waals surface area contributed by atoms with Crippen molar-refractivity contribution in [3.63, 3.8) is 0 Å². The third-order valence-electron chi connectivity index (χ3n) is 2.78. The van der Waals surface area contributed by atoms with Gasteiger partial charge in [-0.3, -0.25) is 4.79 Å². The first-order valence-corrected chi connectivity index (χ1v) is 7.01. The van der Waals surface area contributed by atoms with Gasteiger partial charge < -0.3 is 5.32 Å². The van der Waals surface area contributed by atoms with Gasteiger partial charge in [-0.05, 0) is 31.9 Å². The number of hydrogen-bond acceptors (Lipinski definition) is 3. The third-order valence-corrected chi connectivity index (χ3v) is 3.80. The van der Waals surface area contributed by atoms with Crippen molar-refractivity contribution in [1.29, 1.82) is 5.26 Å². The van der Waals surface area contributed by atoms with Crippen molar-refractivity contribution in [2.24, 2.45) is 11.8 Å². The van der Waals surface area contributed by atoms with E-state index in [-0.39, 0.29) is 17.9 Å². The Morgan fingerprint density at radius 2 is 2.11 bits per heavy atom. The summed E-state index contributed by atoms with van der Waals surface area (Å²) in [4.78, 5) is 14.4. The quantitative estimate of drug-likeness (QED) is 0.889. The second-order valence-electron chi connectivity index (χ2n) is 4.98. The highest BCUT2D eigenvalue weighted by Gasteiger charge is 2.22. The lowest BCUT2D eigenvalue weighted by atomic mass is 9.96. The number of carbonyl (C=O) groups is 1. The van der Waals surface area contributed by atoms with E-state index in [9.17, 15) is 4.79 Å². The minimum atomic E-state index is -0.558. The fraction of sp³-hybridized carbons (Fsp3) is 0.571. The molecule has 0 radical (unpaired) electrons. The lowest BCUT2D eigenvalue weighted by Gasteiger charge is -2.17. The normalized spacial score (nSPS) is 14.0. The highest BCUT2D eigenvalue weighted by atomic mass is 32.1. The molecule has 0 aliphatic rings. The number of nitriles is 1. The molecule has 1 amide bonds. The molecule has 4 heteroatoms. The fourth-order valence-electron chi connectivity index (χ4n) is 1.79. The molecule has 3 nitrogen and oxygen atoms in total. The molecule has 18 heavy (non-hydrogen) atoms. The van der Waals surface area contributed by atoms with E-state index in [1.54, 1.807) is 11.3 Å². The smallest absolute Gasteiger partial charge is 0.237 e. The molecular formula is C14H20N2OS. The molecule has 0 aliphatic heterocycles. The Hall–Kier alpha value is -1.34. The summed E-state index contributed by atoms with van der Waals surface area (Å²) < 4.78 is 0. The van der Waals surface area contributed by atoms with Crippen LogP contribution in [0, 0.1) is 30.1 Å². The van der Waals surface area contributed by atoms with Crippen LogP contribution in [-0.4, -0.2) is 11.9 Å². The van der Waals surface area contributed by atoms with Gasteiger partial charge in [0, 0.05) is 22.2 Å². The van der Waals surface area contributed by atoms with Gasteiger partial charge in [-0.15, -0.1) is 11.3 Å². The SMILES string of the molecule is Cc1ccc(CC(C)NC(=O)C(C#N)C(C)C)s1. The molecule has 1 aromatic rings. The van der Waals surface area contributed by atoms with Crippen molar-refractivity contribution >= 4 is 17.2 Å². The molecule has 1 rings (SSSR count). The van der Waals surface area contributed by atoms with Gasteiger partial charge in [0.05, 0.1) is 6.07 Å². The Morgan fingerprint density at radius 1 is 1.44 bits per heavy atom. The van der Waals surface area contributed by atoms with Gasteiger partial charge in [-0.2, -0.15) is 5.26 Å². The van der Waals surface area contributed by atoms with Gasteiger partial charge in [-0.25, -0.2) is 0 Å². The van der Waals surface area contributed by atoms with Gasteiger partial charge in [-0.1, -0.05) is 13.8 Å². The molecule has 0 saturated carbocycles. The molecule has 0 saturated heterocycles. The number of hydrogen-bond donors (Lipinski definition) is 1. The van der Waals surface area contributed by atoms with Crippen molar-refractivity contribution in [3.8, 4) is 6.07 Å². The number of rotatable bonds is 5. The van der Waals surface area contributed by atoms with Gasteiger partial charge in [0.15, 0.2) is 0 Å². The first kappa shape index (κ1) is 14.7. The second kappa shape index (κ2) is 6.55.